The van der Waals surface area contributed by atoms with Gasteiger partial charge in [-0.05, 0) is 17.7 Å². The highest BCUT2D eigenvalue weighted by Crippen LogP contribution is 2.14. The molecule has 1 heteroatoms. The Balaban J connectivity index is 0.000000396. The number of carbonyl (C=O) groups is 1. The first-order valence-electron chi connectivity index (χ1n) is 4.10. The number of hydrogen-bond donors (Lipinski definition) is 0. The fourth-order valence-corrected chi connectivity index (χ4v) is 1.31. The monoisotopic (exact) mass is 172 g/mol. The number of aryl methyl sites for hydroxylation is 1. The molecular formula is C12H12O. The summed E-state index contributed by atoms with van der Waals surface area (Å²) in [4.78, 5) is 8.00. The van der Waals surface area contributed by atoms with Crippen LogP contribution in [0.1, 0.15) is 5.56 Å². The van der Waals surface area contributed by atoms with Gasteiger partial charge in [0.15, 0.2) is 0 Å². The zero-order valence-corrected chi connectivity index (χ0v) is 7.66. The minimum atomic E-state index is 1.32. The van der Waals surface area contributed by atoms with Crippen molar-refractivity contribution in [2.45, 2.75) is 6.92 Å². The summed E-state index contributed by atoms with van der Waals surface area (Å²) in [6.45, 7) is 4.12. The highest BCUT2D eigenvalue weighted by atomic mass is 16.1. The smallest absolute Gasteiger partial charge is 0.106 e. The summed E-state index contributed by atoms with van der Waals surface area (Å²) in [5.41, 5.74) is 1.32. The molecule has 0 radical (unpaired) electrons. The van der Waals surface area contributed by atoms with E-state index < -0.39 is 0 Å². The molecule has 2 rings (SSSR count). The van der Waals surface area contributed by atoms with Gasteiger partial charge in [-0.25, -0.2) is 0 Å². The molecule has 0 fully saturated rings. The Bertz CT molecular complexity index is 393. The molecule has 0 heterocycles. The molecule has 0 aliphatic heterocycles. The van der Waals surface area contributed by atoms with Crippen molar-refractivity contribution in [1.82, 2.24) is 0 Å². The molecule has 2 aromatic rings. The Labute approximate surface area is 78.0 Å². The molecule has 0 saturated heterocycles. The van der Waals surface area contributed by atoms with Gasteiger partial charge < -0.3 is 4.79 Å². The summed E-state index contributed by atoms with van der Waals surface area (Å²) in [6, 6.07) is 14.9. The zero-order chi connectivity index (χ0) is 9.68. The van der Waals surface area contributed by atoms with E-state index in [1.807, 2.05) is 6.79 Å². The van der Waals surface area contributed by atoms with Gasteiger partial charge in [-0.15, -0.1) is 0 Å². The summed E-state index contributed by atoms with van der Waals surface area (Å²) < 4.78 is 0. The lowest BCUT2D eigenvalue weighted by atomic mass is 10.1. The SMILES string of the molecule is C=O.Cc1ccc2ccccc2c1. The molecule has 0 aliphatic rings. The van der Waals surface area contributed by atoms with E-state index in [0.717, 1.165) is 0 Å². The highest BCUT2D eigenvalue weighted by molar-refractivity contribution is 5.82. The lowest BCUT2D eigenvalue weighted by Gasteiger charge is -1.96. The van der Waals surface area contributed by atoms with Crippen LogP contribution in [-0.2, 0) is 4.79 Å². The average molecular weight is 172 g/mol. The summed E-state index contributed by atoms with van der Waals surface area (Å²) in [7, 11) is 0. The first-order chi connectivity index (χ1) is 6.36. The van der Waals surface area contributed by atoms with E-state index in [0.29, 0.717) is 0 Å². The third-order valence-corrected chi connectivity index (χ3v) is 1.90. The zero-order valence-electron chi connectivity index (χ0n) is 7.66. The summed E-state index contributed by atoms with van der Waals surface area (Å²) in [5, 5.41) is 2.64. The van der Waals surface area contributed by atoms with Gasteiger partial charge in [-0.1, -0.05) is 48.0 Å². The Morgan fingerprint density at radius 1 is 0.923 bits per heavy atom. The van der Waals surface area contributed by atoms with Crippen LogP contribution >= 0.6 is 0 Å². The van der Waals surface area contributed by atoms with Crippen molar-refractivity contribution < 1.29 is 4.79 Å². The van der Waals surface area contributed by atoms with Crippen LogP contribution < -0.4 is 0 Å². The first-order valence-corrected chi connectivity index (χ1v) is 4.10. The van der Waals surface area contributed by atoms with E-state index >= 15 is 0 Å². The summed E-state index contributed by atoms with van der Waals surface area (Å²) in [6.07, 6.45) is 0. The third kappa shape index (κ3) is 2.15. The molecule has 13 heavy (non-hydrogen) atoms. The molecule has 0 aliphatic carbocycles. The fraction of sp³-hybridized carbons (Fsp3) is 0.0833. The van der Waals surface area contributed by atoms with E-state index in [-0.39, 0.29) is 0 Å². The molecule has 0 aromatic heterocycles. The van der Waals surface area contributed by atoms with E-state index in [1.165, 1.54) is 16.3 Å². The van der Waals surface area contributed by atoms with Gasteiger partial charge in [-0.2, -0.15) is 0 Å². The predicted molar refractivity (Wildman–Crippen MR) is 55.8 cm³/mol. The van der Waals surface area contributed by atoms with Crippen molar-refractivity contribution in [1.29, 1.82) is 0 Å². The number of carbonyl (C=O) groups excluding carboxylic acids is 1. The maximum Gasteiger partial charge on any atom is 0.106 e. The maximum atomic E-state index is 8.00. The number of fused-ring (bicyclic) bond motifs is 1. The van der Waals surface area contributed by atoms with Crippen molar-refractivity contribution in [3.8, 4) is 0 Å². The van der Waals surface area contributed by atoms with Gasteiger partial charge in [0, 0.05) is 0 Å². The quantitative estimate of drug-likeness (QED) is 0.597. The Morgan fingerprint density at radius 2 is 1.54 bits per heavy atom. The summed E-state index contributed by atoms with van der Waals surface area (Å²) in [5.74, 6) is 0. The van der Waals surface area contributed by atoms with Gasteiger partial charge in [0.25, 0.3) is 0 Å². The Morgan fingerprint density at radius 3 is 2.23 bits per heavy atom. The second-order valence-electron chi connectivity index (χ2n) is 2.85. The Kier molecular flexibility index (Phi) is 3.21. The second kappa shape index (κ2) is 4.41. The molecule has 0 unspecified atom stereocenters. The lowest BCUT2D eigenvalue weighted by molar-refractivity contribution is -0.0979. The molecule has 0 spiro atoms. The molecule has 1 nitrogen and oxygen atoms in total. The van der Waals surface area contributed by atoms with Crippen LogP contribution in [0.4, 0.5) is 0 Å². The first kappa shape index (κ1) is 9.46. The minimum Gasteiger partial charge on any atom is -0.307 e. The minimum absolute atomic E-state index is 1.32. The normalized spacial score (nSPS) is 9.00. The van der Waals surface area contributed by atoms with Gasteiger partial charge >= 0.3 is 0 Å². The van der Waals surface area contributed by atoms with Crippen LogP contribution in [0.5, 0.6) is 0 Å². The van der Waals surface area contributed by atoms with E-state index in [4.69, 9.17) is 4.79 Å². The molecule has 0 amide bonds. The Hall–Kier alpha value is -1.63. The van der Waals surface area contributed by atoms with Crippen LogP contribution in [0.25, 0.3) is 10.8 Å². The maximum absolute atomic E-state index is 8.00. The van der Waals surface area contributed by atoms with E-state index in [1.54, 1.807) is 0 Å². The molecule has 2 aromatic carbocycles. The van der Waals surface area contributed by atoms with Crippen molar-refractivity contribution in [2.24, 2.45) is 0 Å². The third-order valence-electron chi connectivity index (χ3n) is 1.90. The number of hydrogen-bond acceptors (Lipinski definition) is 1. The van der Waals surface area contributed by atoms with Crippen molar-refractivity contribution in [3.05, 3.63) is 48.0 Å². The number of benzene rings is 2. The average Bonchev–Trinajstić information content (AvgIpc) is 2.21. The number of rotatable bonds is 0. The van der Waals surface area contributed by atoms with Crippen molar-refractivity contribution in [2.75, 3.05) is 0 Å². The summed E-state index contributed by atoms with van der Waals surface area (Å²) >= 11 is 0. The van der Waals surface area contributed by atoms with Gasteiger partial charge in [0.2, 0.25) is 0 Å². The lowest BCUT2D eigenvalue weighted by Crippen LogP contribution is -1.73. The predicted octanol–water partition coefficient (Wildman–Crippen LogP) is 2.96. The topological polar surface area (TPSA) is 17.1 Å². The van der Waals surface area contributed by atoms with Gasteiger partial charge in [0.05, 0.1) is 0 Å². The van der Waals surface area contributed by atoms with E-state index in [2.05, 4.69) is 49.4 Å². The van der Waals surface area contributed by atoms with Crippen LogP contribution in [0.3, 0.4) is 0 Å². The fourth-order valence-electron chi connectivity index (χ4n) is 1.31. The van der Waals surface area contributed by atoms with Crippen molar-refractivity contribution in [3.63, 3.8) is 0 Å². The largest absolute Gasteiger partial charge is 0.307 e. The second-order valence-corrected chi connectivity index (χ2v) is 2.85. The molecule has 0 bridgehead atoms. The standard InChI is InChI=1S/C11H10.CH2O/c1-9-6-7-10-4-2-3-5-11(10)8-9;1-2/h2-8H,1H3;1H2. The molecular weight excluding hydrogens is 160 g/mol. The van der Waals surface area contributed by atoms with Crippen LogP contribution in [-0.4, -0.2) is 6.79 Å². The molecule has 0 atom stereocenters. The van der Waals surface area contributed by atoms with Crippen molar-refractivity contribution >= 4 is 17.6 Å². The van der Waals surface area contributed by atoms with Gasteiger partial charge in [-0.3, -0.25) is 0 Å². The molecule has 0 N–H and O–H groups in total. The molecule has 0 saturated carbocycles. The highest BCUT2D eigenvalue weighted by Gasteiger charge is 1.89. The van der Waals surface area contributed by atoms with Crippen LogP contribution in [0.15, 0.2) is 42.5 Å². The molecule has 66 valence electrons. The van der Waals surface area contributed by atoms with Crippen LogP contribution in [0, 0.1) is 6.92 Å². The van der Waals surface area contributed by atoms with Gasteiger partial charge in [0.1, 0.15) is 6.79 Å². The van der Waals surface area contributed by atoms with E-state index in [9.17, 15) is 0 Å². The van der Waals surface area contributed by atoms with Crippen LogP contribution in [0.2, 0.25) is 0 Å².